The van der Waals surface area contributed by atoms with Gasteiger partial charge in [0, 0.05) is 32.3 Å². The van der Waals surface area contributed by atoms with Crippen LogP contribution >= 0.6 is 0 Å². The lowest BCUT2D eigenvalue weighted by atomic mass is 10.1. The predicted molar refractivity (Wildman–Crippen MR) is 98.7 cm³/mol. The molecule has 3 heterocycles. The molecule has 150 valence electrons. The van der Waals surface area contributed by atoms with E-state index in [1.807, 2.05) is 0 Å². The zero-order valence-corrected chi connectivity index (χ0v) is 15.7. The van der Waals surface area contributed by atoms with Gasteiger partial charge in [0.05, 0.1) is 0 Å². The van der Waals surface area contributed by atoms with Crippen molar-refractivity contribution in [2.75, 3.05) is 19.6 Å². The van der Waals surface area contributed by atoms with E-state index in [1.165, 1.54) is 16.2 Å². The summed E-state index contributed by atoms with van der Waals surface area (Å²) >= 11 is 0. The van der Waals surface area contributed by atoms with Crippen molar-refractivity contribution in [2.24, 2.45) is 0 Å². The van der Waals surface area contributed by atoms with Crippen LogP contribution in [-0.4, -0.2) is 72.5 Å². The molecule has 10 nitrogen and oxygen atoms in total. The zero-order chi connectivity index (χ0) is 20.3. The van der Waals surface area contributed by atoms with Gasteiger partial charge in [-0.2, -0.15) is 0 Å². The summed E-state index contributed by atoms with van der Waals surface area (Å²) in [6, 6.07) is 4.96. The number of fused-ring (bicyclic) bond motifs is 1. The summed E-state index contributed by atoms with van der Waals surface area (Å²) in [4.78, 5) is 50.8. The molecule has 28 heavy (non-hydrogen) atoms. The highest BCUT2D eigenvalue weighted by Crippen LogP contribution is 2.17. The molecule has 1 aliphatic heterocycles. The van der Waals surface area contributed by atoms with Gasteiger partial charge >= 0.3 is 11.7 Å². The number of hydrogen-bond acceptors (Lipinski definition) is 5. The van der Waals surface area contributed by atoms with E-state index < -0.39 is 5.97 Å². The number of aromatic nitrogens is 3. The Balaban J connectivity index is 1.67. The Labute approximate surface area is 161 Å². The van der Waals surface area contributed by atoms with E-state index in [4.69, 9.17) is 5.11 Å². The molecule has 2 aromatic rings. The highest BCUT2D eigenvalue weighted by atomic mass is 16.4. The summed E-state index contributed by atoms with van der Waals surface area (Å²) in [7, 11) is 0. The molecule has 1 saturated heterocycles. The number of aliphatic carboxylic acids is 1. The standard InChI is InChI=1S/C18H23N5O5/c1-13(24)22(12-17(26)27)14-5-4-8-20(10-7-14)16(25)11-23-18(28)21-9-3-2-6-15(21)19-23/h2-3,6,9,14H,4-5,7-8,10-12H2,1H3,(H,26,27). The fraction of sp³-hybridized carbons (Fsp3) is 0.500. The van der Waals surface area contributed by atoms with Gasteiger partial charge in [0.2, 0.25) is 11.8 Å². The van der Waals surface area contributed by atoms with E-state index in [-0.39, 0.29) is 36.6 Å². The molecule has 0 spiro atoms. The number of carboxylic acid groups (broad SMARTS) is 1. The first-order chi connectivity index (χ1) is 13.4. The second-order valence-corrected chi connectivity index (χ2v) is 6.88. The number of likely N-dealkylation sites (tertiary alicyclic amines) is 1. The Morgan fingerprint density at radius 3 is 2.71 bits per heavy atom. The van der Waals surface area contributed by atoms with Gasteiger partial charge in [-0.3, -0.25) is 18.8 Å². The number of nitrogens with zero attached hydrogens (tertiary/aromatic N) is 5. The summed E-state index contributed by atoms with van der Waals surface area (Å²) in [5.41, 5.74) is 0.0999. The third kappa shape index (κ3) is 4.21. The molecule has 0 saturated carbocycles. The van der Waals surface area contributed by atoms with Gasteiger partial charge in [0.1, 0.15) is 13.1 Å². The van der Waals surface area contributed by atoms with Gasteiger partial charge in [0.25, 0.3) is 0 Å². The average Bonchev–Trinajstić information content (AvgIpc) is 2.83. The van der Waals surface area contributed by atoms with Gasteiger partial charge in [-0.25, -0.2) is 9.48 Å². The van der Waals surface area contributed by atoms with Gasteiger partial charge in [0.15, 0.2) is 5.65 Å². The number of rotatable bonds is 5. The van der Waals surface area contributed by atoms with Crippen LogP contribution in [0.1, 0.15) is 26.2 Å². The van der Waals surface area contributed by atoms with Crippen molar-refractivity contribution in [1.82, 2.24) is 24.0 Å². The van der Waals surface area contributed by atoms with Crippen LogP contribution in [0.25, 0.3) is 5.65 Å². The quantitative estimate of drug-likeness (QED) is 0.757. The Bertz CT molecular complexity index is 949. The van der Waals surface area contributed by atoms with E-state index >= 15 is 0 Å². The normalized spacial score (nSPS) is 17.3. The smallest absolute Gasteiger partial charge is 0.350 e. The second kappa shape index (κ2) is 8.24. The van der Waals surface area contributed by atoms with E-state index in [9.17, 15) is 19.2 Å². The van der Waals surface area contributed by atoms with E-state index in [2.05, 4.69) is 5.10 Å². The third-order valence-electron chi connectivity index (χ3n) is 4.97. The van der Waals surface area contributed by atoms with Crippen molar-refractivity contribution in [3.05, 3.63) is 34.9 Å². The van der Waals surface area contributed by atoms with Crippen LogP contribution in [0.5, 0.6) is 0 Å². The Morgan fingerprint density at radius 1 is 1.25 bits per heavy atom. The summed E-state index contributed by atoms with van der Waals surface area (Å²) in [5.74, 6) is -1.57. The Hall–Kier alpha value is -3.17. The molecular formula is C18H23N5O5. The number of pyridine rings is 1. The van der Waals surface area contributed by atoms with Crippen molar-refractivity contribution in [3.8, 4) is 0 Å². The van der Waals surface area contributed by atoms with Crippen molar-refractivity contribution < 1.29 is 19.5 Å². The van der Waals surface area contributed by atoms with Crippen LogP contribution in [0.2, 0.25) is 0 Å². The lowest BCUT2D eigenvalue weighted by Gasteiger charge is -2.28. The van der Waals surface area contributed by atoms with Crippen LogP contribution in [0, 0.1) is 0 Å². The molecule has 1 N–H and O–H groups in total. The molecule has 1 aliphatic rings. The van der Waals surface area contributed by atoms with Gasteiger partial charge in [-0.1, -0.05) is 6.07 Å². The molecule has 1 atom stereocenters. The highest BCUT2D eigenvalue weighted by molar-refractivity contribution is 5.80. The van der Waals surface area contributed by atoms with Crippen LogP contribution < -0.4 is 5.69 Å². The molecule has 1 unspecified atom stereocenters. The topological polar surface area (TPSA) is 117 Å². The highest BCUT2D eigenvalue weighted by Gasteiger charge is 2.28. The second-order valence-electron chi connectivity index (χ2n) is 6.88. The largest absolute Gasteiger partial charge is 0.480 e. The molecule has 0 radical (unpaired) electrons. The van der Waals surface area contributed by atoms with Crippen molar-refractivity contribution in [2.45, 2.75) is 38.8 Å². The van der Waals surface area contributed by atoms with E-state index in [0.29, 0.717) is 38.0 Å². The molecule has 1 fully saturated rings. The van der Waals surface area contributed by atoms with Gasteiger partial charge in [-0.15, -0.1) is 5.10 Å². The third-order valence-corrected chi connectivity index (χ3v) is 4.97. The Morgan fingerprint density at radius 2 is 2.04 bits per heavy atom. The van der Waals surface area contributed by atoms with Gasteiger partial charge < -0.3 is 14.9 Å². The lowest BCUT2D eigenvalue weighted by Crippen LogP contribution is -2.43. The van der Waals surface area contributed by atoms with Crippen LogP contribution in [0.4, 0.5) is 0 Å². The SMILES string of the molecule is CC(=O)N(CC(=O)O)C1CCCN(C(=O)Cn2nc3ccccn3c2=O)CC1. The van der Waals surface area contributed by atoms with Crippen LogP contribution in [0.15, 0.2) is 29.2 Å². The zero-order valence-electron chi connectivity index (χ0n) is 15.7. The fourth-order valence-electron chi connectivity index (χ4n) is 3.58. The maximum absolute atomic E-state index is 12.7. The monoisotopic (exact) mass is 389 g/mol. The molecule has 2 amide bonds. The van der Waals surface area contributed by atoms with Crippen molar-refractivity contribution in [1.29, 1.82) is 0 Å². The predicted octanol–water partition coefficient (Wildman–Crippen LogP) is -0.190. The van der Waals surface area contributed by atoms with Crippen LogP contribution in [-0.2, 0) is 20.9 Å². The number of hydrogen-bond donors (Lipinski definition) is 1. The first-order valence-electron chi connectivity index (χ1n) is 9.18. The lowest BCUT2D eigenvalue weighted by molar-refractivity contribution is -0.145. The minimum atomic E-state index is -1.06. The first kappa shape index (κ1) is 19.6. The molecule has 0 bridgehead atoms. The van der Waals surface area contributed by atoms with Crippen LogP contribution in [0.3, 0.4) is 0 Å². The maximum Gasteiger partial charge on any atom is 0.350 e. The number of carboxylic acids is 1. The van der Waals surface area contributed by atoms with E-state index in [0.717, 1.165) is 4.68 Å². The summed E-state index contributed by atoms with van der Waals surface area (Å²) in [6.07, 6.45) is 3.38. The maximum atomic E-state index is 12.7. The Kier molecular flexibility index (Phi) is 5.76. The van der Waals surface area contributed by atoms with Gasteiger partial charge in [-0.05, 0) is 31.4 Å². The molecular weight excluding hydrogens is 366 g/mol. The average molecular weight is 389 g/mol. The van der Waals surface area contributed by atoms with Crippen molar-refractivity contribution in [3.63, 3.8) is 0 Å². The molecule has 0 aromatic carbocycles. The number of carbonyl (C=O) groups is 3. The first-order valence-corrected chi connectivity index (χ1v) is 9.18. The molecule has 2 aromatic heterocycles. The minimum absolute atomic E-state index is 0.156. The summed E-state index contributed by atoms with van der Waals surface area (Å²) in [6.45, 7) is 1.75. The number of carbonyl (C=O) groups excluding carboxylic acids is 2. The number of amides is 2. The van der Waals surface area contributed by atoms with Crippen molar-refractivity contribution >= 4 is 23.4 Å². The molecule has 10 heteroatoms. The fourth-order valence-corrected chi connectivity index (χ4v) is 3.58. The summed E-state index contributed by atoms with van der Waals surface area (Å²) in [5, 5.41) is 13.2. The van der Waals surface area contributed by atoms with E-state index in [1.54, 1.807) is 29.3 Å². The molecule has 0 aliphatic carbocycles. The minimum Gasteiger partial charge on any atom is -0.480 e. The summed E-state index contributed by atoms with van der Waals surface area (Å²) < 4.78 is 2.52. The molecule has 3 rings (SSSR count).